The van der Waals surface area contributed by atoms with Gasteiger partial charge in [-0.1, -0.05) is 68.7 Å². The fourth-order valence-corrected chi connectivity index (χ4v) is 5.53. The lowest BCUT2D eigenvalue weighted by atomic mass is 10.1. The third-order valence-corrected chi connectivity index (χ3v) is 8.29. The Labute approximate surface area is 284 Å². The zero-order valence-electron chi connectivity index (χ0n) is 27.3. The molecule has 0 saturated heterocycles. The molecule has 2 bridgehead atoms. The molecule has 3 rings (SSSR count). The van der Waals surface area contributed by atoms with Crippen LogP contribution in [0, 0.1) is 5.82 Å². The topological polar surface area (TPSA) is 164 Å². The number of fused-ring (bicyclic) bond motifs is 2. The second-order valence-corrected chi connectivity index (χ2v) is 12.4. The molecule has 4 N–H and O–H groups in total. The first-order valence-electron chi connectivity index (χ1n) is 16.1. The quantitative estimate of drug-likeness (QED) is 0.107. The Morgan fingerprint density at radius 3 is 2.56 bits per heavy atom. The summed E-state index contributed by atoms with van der Waals surface area (Å²) < 4.78 is 20.1. The maximum absolute atomic E-state index is 14.4. The number of carbonyl (C=O) groups excluding carboxylic acids is 5. The average molecular weight is 683 g/mol. The van der Waals surface area contributed by atoms with Crippen molar-refractivity contribution in [3.05, 3.63) is 83.1 Å². The van der Waals surface area contributed by atoms with Gasteiger partial charge in [0.1, 0.15) is 35.1 Å². The molecule has 13 heteroatoms. The highest BCUT2D eigenvalue weighted by Crippen LogP contribution is 2.16. The minimum absolute atomic E-state index is 0.0134. The number of hydrogen-bond donors (Lipinski definition) is 4. The number of aromatic hydroxyl groups is 1. The highest BCUT2D eigenvalue weighted by Gasteiger charge is 2.28. The lowest BCUT2D eigenvalue weighted by Gasteiger charge is -2.22. The Hall–Kier alpha value is -4.52. The SMILES string of the molecule is C/C=C1\NC(=O)c2cc(F)cc(n2)CNC(=O)C[C@@H](/C=C/CCSC(=O)CCCCCCC)OC(=O)[C@H](Cc2ccc(O)cc2)NC1=O. The number of allylic oxidation sites excluding steroid dienone is 2. The van der Waals surface area contributed by atoms with E-state index in [4.69, 9.17) is 4.74 Å². The molecule has 48 heavy (non-hydrogen) atoms. The van der Waals surface area contributed by atoms with Crippen molar-refractivity contribution in [2.45, 2.75) is 90.3 Å². The van der Waals surface area contributed by atoms with Crippen LogP contribution < -0.4 is 16.0 Å². The number of pyridine rings is 1. The third-order valence-electron chi connectivity index (χ3n) is 7.33. The largest absolute Gasteiger partial charge is 0.508 e. The molecule has 0 spiro atoms. The predicted octanol–water partition coefficient (Wildman–Crippen LogP) is 4.79. The van der Waals surface area contributed by atoms with Crippen LogP contribution in [0.2, 0.25) is 0 Å². The van der Waals surface area contributed by atoms with Crippen molar-refractivity contribution in [2.24, 2.45) is 0 Å². The molecule has 3 amide bonds. The Balaban J connectivity index is 1.80. The number of nitrogens with zero attached hydrogens (tertiary/aromatic N) is 1. The molecule has 0 saturated carbocycles. The maximum atomic E-state index is 14.4. The van der Waals surface area contributed by atoms with Crippen molar-refractivity contribution in [1.82, 2.24) is 20.9 Å². The Morgan fingerprint density at radius 2 is 1.83 bits per heavy atom. The number of phenols is 1. The number of amides is 3. The number of aromatic nitrogens is 1. The van der Waals surface area contributed by atoms with Crippen molar-refractivity contribution in [3.63, 3.8) is 0 Å². The third kappa shape index (κ3) is 13.3. The van der Waals surface area contributed by atoms with Gasteiger partial charge in [0.05, 0.1) is 18.7 Å². The zero-order chi connectivity index (χ0) is 34.9. The minimum atomic E-state index is -1.26. The smallest absolute Gasteiger partial charge is 0.329 e. The van der Waals surface area contributed by atoms with Gasteiger partial charge in [0.2, 0.25) is 5.91 Å². The number of ether oxygens (including phenoxy) is 1. The first-order valence-corrected chi connectivity index (χ1v) is 17.1. The van der Waals surface area contributed by atoms with Crippen LogP contribution in [-0.2, 0) is 36.9 Å². The van der Waals surface area contributed by atoms with E-state index in [1.165, 1.54) is 36.9 Å². The summed E-state index contributed by atoms with van der Waals surface area (Å²) in [4.78, 5) is 69.0. The molecule has 0 fully saturated rings. The summed E-state index contributed by atoms with van der Waals surface area (Å²) in [6, 6.07) is 6.73. The second kappa shape index (κ2) is 20.0. The zero-order valence-corrected chi connectivity index (χ0v) is 28.1. The number of benzene rings is 1. The number of carbonyl (C=O) groups is 5. The monoisotopic (exact) mass is 682 g/mol. The van der Waals surface area contributed by atoms with Crippen LogP contribution in [0.15, 0.2) is 60.3 Å². The average Bonchev–Trinajstić information content (AvgIpc) is 3.05. The number of rotatable bonds is 12. The highest BCUT2D eigenvalue weighted by atomic mass is 32.2. The van der Waals surface area contributed by atoms with Crippen molar-refractivity contribution < 1.29 is 38.2 Å². The van der Waals surface area contributed by atoms with Gasteiger partial charge in [0.25, 0.3) is 11.8 Å². The molecule has 0 radical (unpaired) electrons. The molecule has 0 aliphatic carbocycles. The first-order chi connectivity index (χ1) is 23.1. The normalized spacial score (nSPS) is 18.7. The Bertz CT molecular complexity index is 1500. The lowest BCUT2D eigenvalue weighted by Crippen LogP contribution is -2.47. The van der Waals surface area contributed by atoms with Crippen molar-refractivity contribution in [1.29, 1.82) is 0 Å². The van der Waals surface area contributed by atoms with Gasteiger partial charge in [-0.3, -0.25) is 19.2 Å². The minimum Gasteiger partial charge on any atom is -0.508 e. The number of nitrogens with one attached hydrogen (secondary N) is 3. The number of thioether (sulfide) groups is 1. The Kier molecular flexibility index (Phi) is 15.8. The molecular formula is C35H43FN4O7S. The number of unbranched alkanes of at least 4 members (excludes halogenated alkanes) is 4. The first kappa shape index (κ1) is 37.9. The molecule has 0 unspecified atom stereocenters. The fourth-order valence-electron chi connectivity index (χ4n) is 4.76. The molecule has 1 aromatic heterocycles. The van der Waals surface area contributed by atoms with Crippen molar-refractivity contribution in [3.8, 4) is 5.75 Å². The second-order valence-electron chi connectivity index (χ2n) is 11.3. The summed E-state index contributed by atoms with van der Waals surface area (Å²) in [7, 11) is 0. The van der Waals surface area contributed by atoms with Crippen LogP contribution in [0.3, 0.4) is 0 Å². The lowest BCUT2D eigenvalue weighted by molar-refractivity contribution is -0.151. The number of cyclic esters (lactones) is 1. The fraction of sp³-hybridized carbons (Fsp3) is 0.429. The number of hydrogen-bond acceptors (Lipinski definition) is 9. The summed E-state index contributed by atoms with van der Waals surface area (Å²) in [5.74, 6) is -3.29. The molecule has 1 aromatic carbocycles. The molecule has 2 heterocycles. The van der Waals surface area contributed by atoms with Crippen molar-refractivity contribution >= 4 is 40.6 Å². The summed E-state index contributed by atoms with van der Waals surface area (Å²) in [5, 5.41) is 17.4. The van der Waals surface area contributed by atoms with Crippen LogP contribution in [0.25, 0.3) is 0 Å². The summed E-state index contributed by atoms with van der Waals surface area (Å²) in [6.45, 7) is 3.43. The maximum Gasteiger partial charge on any atom is 0.329 e. The van der Waals surface area contributed by atoms with Gasteiger partial charge in [-0.25, -0.2) is 14.2 Å². The van der Waals surface area contributed by atoms with Gasteiger partial charge < -0.3 is 25.8 Å². The number of phenolic OH excluding ortho intramolecular Hbond substituents is 1. The van der Waals surface area contributed by atoms with E-state index in [-0.39, 0.29) is 47.3 Å². The number of esters is 1. The molecule has 11 nitrogen and oxygen atoms in total. The van der Waals surface area contributed by atoms with Gasteiger partial charge in [-0.05, 0) is 49.6 Å². The van der Waals surface area contributed by atoms with Gasteiger partial charge in [0, 0.05) is 24.7 Å². The molecule has 1 aliphatic rings. The van der Waals surface area contributed by atoms with E-state index in [2.05, 4.69) is 27.9 Å². The van der Waals surface area contributed by atoms with Gasteiger partial charge in [-0.15, -0.1) is 0 Å². The molecule has 2 atom stereocenters. The van der Waals surface area contributed by atoms with Gasteiger partial charge in [-0.2, -0.15) is 0 Å². The molecule has 258 valence electrons. The summed E-state index contributed by atoms with van der Waals surface area (Å²) >= 11 is 1.24. The van der Waals surface area contributed by atoms with Crippen LogP contribution in [0.1, 0.15) is 87.0 Å². The molecule has 1 aliphatic heterocycles. The summed E-state index contributed by atoms with van der Waals surface area (Å²) in [6.07, 6.45) is 9.56. The van der Waals surface area contributed by atoms with Crippen LogP contribution >= 0.6 is 11.8 Å². The standard InChI is InChI=1S/C35H43FN4O7S/c1-3-5-6-7-8-12-32(43)48-17-10-9-11-27-21-31(42)37-22-25-19-24(36)20-29(38-25)34(45)39-28(4-2)33(44)40-30(35(46)47-27)18-23-13-15-26(41)16-14-23/h4,9,11,13-16,19-20,27,30,41H,3,5-8,10,12,17-18,21-22H2,1-2H3,(H,37,42)(H,39,45)(H,40,44)/b11-9+,28-4-/t27-,30+/m1/s1. The van der Waals surface area contributed by atoms with Crippen molar-refractivity contribution in [2.75, 3.05) is 5.75 Å². The predicted molar refractivity (Wildman–Crippen MR) is 180 cm³/mol. The van der Waals surface area contributed by atoms with Crippen LogP contribution in [0.5, 0.6) is 5.75 Å². The highest BCUT2D eigenvalue weighted by molar-refractivity contribution is 8.13. The van der Waals surface area contributed by atoms with Crippen LogP contribution in [-0.4, -0.2) is 56.8 Å². The summed E-state index contributed by atoms with van der Waals surface area (Å²) in [5.41, 5.74) is 0.134. The van der Waals surface area contributed by atoms with E-state index in [0.717, 1.165) is 44.2 Å². The molecular weight excluding hydrogens is 639 g/mol. The van der Waals surface area contributed by atoms with E-state index in [9.17, 15) is 33.5 Å². The number of halogens is 1. The van der Waals surface area contributed by atoms with E-state index >= 15 is 0 Å². The van der Waals surface area contributed by atoms with E-state index in [1.807, 2.05) is 0 Å². The van der Waals surface area contributed by atoms with Gasteiger partial charge in [0.15, 0.2) is 5.12 Å². The van der Waals surface area contributed by atoms with E-state index in [1.54, 1.807) is 24.3 Å². The van der Waals surface area contributed by atoms with Gasteiger partial charge >= 0.3 is 5.97 Å². The van der Waals surface area contributed by atoms with E-state index in [0.29, 0.717) is 24.2 Å². The van der Waals surface area contributed by atoms with E-state index < -0.39 is 41.7 Å². The van der Waals surface area contributed by atoms with Crippen LogP contribution in [0.4, 0.5) is 4.39 Å². The molecule has 2 aromatic rings. The Morgan fingerprint density at radius 1 is 1.08 bits per heavy atom.